The Bertz CT molecular complexity index is 658. The average molecular weight is 330 g/mol. The molecule has 1 fully saturated rings. The van der Waals surface area contributed by atoms with Crippen LogP contribution in [0.3, 0.4) is 0 Å². The highest BCUT2D eigenvalue weighted by molar-refractivity contribution is 5.38. The Morgan fingerprint density at radius 2 is 2.08 bits per heavy atom. The highest BCUT2D eigenvalue weighted by Gasteiger charge is 2.30. The van der Waals surface area contributed by atoms with Gasteiger partial charge in [-0.25, -0.2) is 15.0 Å². The van der Waals surface area contributed by atoms with Gasteiger partial charge in [-0.1, -0.05) is 20.8 Å². The van der Waals surface area contributed by atoms with Crippen molar-refractivity contribution in [1.82, 2.24) is 24.7 Å². The number of nitrogens with zero attached hydrogens (tertiary/aromatic N) is 5. The zero-order valence-electron chi connectivity index (χ0n) is 14.9. The van der Waals surface area contributed by atoms with Gasteiger partial charge in [0.05, 0.1) is 12.3 Å². The molecule has 0 radical (unpaired) electrons. The lowest BCUT2D eigenvalue weighted by molar-refractivity contribution is 0.181. The third kappa shape index (κ3) is 4.08. The molecular weight excluding hydrogens is 304 g/mol. The van der Waals surface area contributed by atoms with Gasteiger partial charge in [0.2, 0.25) is 0 Å². The Kier molecular flexibility index (Phi) is 4.80. The number of hydrogen-bond donors (Lipinski definition) is 1. The first-order valence-electron chi connectivity index (χ1n) is 8.40. The number of anilines is 1. The van der Waals surface area contributed by atoms with Gasteiger partial charge < -0.3 is 10.1 Å². The van der Waals surface area contributed by atoms with Gasteiger partial charge in [0.1, 0.15) is 24.3 Å². The summed E-state index contributed by atoms with van der Waals surface area (Å²) in [6, 6.07) is 2.44. The van der Waals surface area contributed by atoms with Gasteiger partial charge in [0, 0.05) is 31.2 Å². The molecule has 0 atom stereocenters. The highest BCUT2D eigenvalue weighted by Crippen LogP contribution is 2.31. The predicted molar refractivity (Wildman–Crippen MR) is 91.6 cm³/mol. The number of methoxy groups -OCH3 is 1. The molecule has 1 N–H and O–H groups in total. The molecule has 0 amide bonds. The van der Waals surface area contributed by atoms with Crippen LogP contribution in [-0.4, -0.2) is 37.9 Å². The first-order valence-corrected chi connectivity index (χ1v) is 8.40. The van der Waals surface area contributed by atoms with E-state index in [1.807, 2.05) is 10.7 Å². The normalized spacial score (nSPS) is 20.7. The molecule has 0 bridgehead atoms. The van der Waals surface area contributed by atoms with Crippen molar-refractivity contribution < 1.29 is 4.74 Å². The lowest BCUT2D eigenvalue weighted by Gasteiger charge is -2.36. The Morgan fingerprint density at radius 3 is 2.71 bits per heavy atom. The quantitative estimate of drug-likeness (QED) is 0.876. The molecule has 24 heavy (non-hydrogen) atoms. The molecule has 130 valence electrons. The van der Waals surface area contributed by atoms with Crippen molar-refractivity contribution in [3.8, 4) is 0 Å². The van der Waals surface area contributed by atoms with Crippen molar-refractivity contribution in [3.05, 3.63) is 30.2 Å². The van der Waals surface area contributed by atoms with Crippen LogP contribution >= 0.6 is 0 Å². The van der Waals surface area contributed by atoms with E-state index in [4.69, 9.17) is 9.72 Å². The summed E-state index contributed by atoms with van der Waals surface area (Å²) >= 11 is 0. The Balaban J connectivity index is 1.62. The van der Waals surface area contributed by atoms with Crippen LogP contribution in [0.15, 0.2) is 18.7 Å². The Hall–Kier alpha value is -2.02. The molecule has 7 nitrogen and oxygen atoms in total. The van der Waals surface area contributed by atoms with Crippen LogP contribution in [0.4, 0.5) is 5.82 Å². The van der Waals surface area contributed by atoms with Crippen LogP contribution in [-0.2, 0) is 23.3 Å². The van der Waals surface area contributed by atoms with Gasteiger partial charge in [0.15, 0.2) is 0 Å². The van der Waals surface area contributed by atoms with Crippen molar-refractivity contribution in [3.63, 3.8) is 0 Å². The molecule has 3 rings (SSSR count). The number of ether oxygens (including phenoxy) is 1. The molecule has 2 aromatic heterocycles. The minimum absolute atomic E-state index is 0.0879. The fourth-order valence-electron chi connectivity index (χ4n) is 2.93. The minimum atomic E-state index is -0.0879. The zero-order chi connectivity index (χ0) is 17.2. The second kappa shape index (κ2) is 6.84. The van der Waals surface area contributed by atoms with E-state index in [-0.39, 0.29) is 5.41 Å². The largest absolute Gasteiger partial charge is 0.378 e. The van der Waals surface area contributed by atoms with Crippen LogP contribution in [0.1, 0.15) is 45.1 Å². The maximum absolute atomic E-state index is 5.24. The number of hydrogen-bond acceptors (Lipinski definition) is 6. The second-order valence-corrected chi connectivity index (χ2v) is 7.55. The molecule has 0 spiro atoms. The van der Waals surface area contributed by atoms with Crippen molar-refractivity contribution in [2.24, 2.45) is 5.92 Å². The summed E-state index contributed by atoms with van der Waals surface area (Å²) in [7, 11) is 1.69. The Morgan fingerprint density at radius 1 is 1.29 bits per heavy atom. The van der Waals surface area contributed by atoms with Gasteiger partial charge in [-0.15, -0.1) is 0 Å². The van der Waals surface area contributed by atoms with E-state index in [1.165, 1.54) is 0 Å². The molecule has 1 saturated carbocycles. The topological polar surface area (TPSA) is 77.8 Å². The molecule has 2 heterocycles. The molecule has 0 aliphatic heterocycles. The molecule has 1 aliphatic rings. The summed E-state index contributed by atoms with van der Waals surface area (Å²) in [5.74, 6) is 2.38. The second-order valence-electron chi connectivity index (χ2n) is 7.55. The lowest BCUT2D eigenvalue weighted by Crippen LogP contribution is -2.38. The summed E-state index contributed by atoms with van der Waals surface area (Å²) in [5.41, 5.74) is 0.827. The van der Waals surface area contributed by atoms with Crippen LogP contribution in [0.25, 0.3) is 0 Å². The molecule has 1 aliphatic carbocycles. The van der Waals surface area contributed by atoms with E-state index in [2.05, 4.69) is 41.2 Å². The highest BCUT2D eigenvalue weighted by atomic mass is 16.5. The van der Waals surface area contributed by atoms with Gasteiger partial charge in [-0.2, -0.15) is 5.10 Å². The first kappa shape index (κ1) is 16.8. The third-order valence-corrected chi connectivity index (χ3v) is 4.24. The van der Waals surface area contributed by atoms with E-state index >= 15 is 0 Å². The van der Waals surface area contributed by atoms with Gasteiger partial charge in [-0.05, 0) is 18.8 Å². The number of rotatable bonds is 6. The minimum Gasteiger partial charge on any atom is -0.378 e. The van der Waals surface area contributed by atoms with E-state index in [9.17, 15) is 0 Å². The standard InChI is InChI=1S/C17H26N6O/c1-17(2,3)16-21-14(9-24-4)7-15(22-16)20-13-5-12(6-13)8-23-11-18-10-19-23/h7,10-13H,5-6,8-9H2,1-4H3,(H,20,21,22). The molecular formula is C17H26N6O. The van der Waals surface area contributed by atoms with Crippen LogP contribution < -0.4 is 5.32 Å². The molecule has 7 heteroatoms. The van der Waals surface area contributed by atoms with E-state index in [0.29, 0.717) is 18.6 Å². The van der Waals surface area contributed by atoms with Crippen molar-refractivity contribution in [2.75, 3.05) is 12.4 Å². The fourth-order valence-corrected chi connectivity index (χ4v) is 2.93. The first-order chi connectivity index (χ1) is 11.4. The van der Waals surface area contributed by atoms with Crippen molar-refractivity contribution in [2.45, 2.75) is 58.2 Å². The van der Waals surface area contributed by atoms with E-state index < -0.39 is 0 Å². The third-order valence-electron chi connectivity index (χ3n) is 4.24. The summed E-state index contributed by atoms with van der Waals surface area (Å²) in [5, 5.41) is 7.72. The van der Waals surface area contributed by atoms with Crippen molar-refractivity contribution in [1.29, 1.82) is 0 Å². The summed E-state index contributed by atoms with van der Waals surface area (Å²) < 4.78 is 7.14. The van der Waals surface area contributed by atoms with Crippen molar-refractivity contribution >= 4 is 5.82 Å². The summed E-state index contributed by atoms with van der Waals surface area (Å²) in [6.45, 7) is 7.81. The van der Waals surface area contributed by atoms with Crippen LogP contribution in [0.2, 0.25) is 0 Å². The van der Waals surface area contributed by atoms with Gasteiger partial charge >= 0.3 is 0 Å². The molecule has 2 aromatic rings. The van der Waals surface area contributed by atoms with Gasteiger partial charge in [-0.3, -0.25) is 4.68 Å². The Labute approximate surface area is 142 Å². The molecule has 0 aromatic carbocycles. The smallest absolute Gasteiger partial charge is 0.137 e. The maximum Gasteiger partial charge on any atom is 0.137 e. The van der Waals surface area contributed by atoms with Crippen LogP contribution in [0, 0.1) is 5.92 Å². The monoisotopic (exact) mass is 330 g/mol. The average Bonchev–Trinajstić information content (AvgIpc) is 2.97. The van der Waals surface area contributed by atoms with E-state index in [1.54, 1.807) is 19.8 Å². The summed E-state index contributed by atoms with van der Waals surface area (Å²) in [4.78, 5) is 13.3. The SMILES string of the molecule is COCc1cc(NC2CC(Cn3cncn3)C2)nc(C(C)(C)C)n1. The predicted octanol–water partition coefficient (Wildman–Crippen LogP) is 2.40. The summed E-state index contributed by atoms with van der Waals surface area (Å²) in [6.07, 6.45) is 5.60. The lowest BCUT2D eigenvalue weighted by atomic mass is 9.80. The number of nitrogens with one attached hydrogen (secondary N) is 1. The van der Waals surface area contributed by atoms with Gasteiger partial charge in [0.25, 0.3) is 0 Å². The molecule has 0 unspecified atom stereocenters. The van der Waals surface area contributed by atoms with Crippen LogP contribution in [0.5, 0.6) is 0 Å². The number of aromatic nitrogens is 5. The fraction of sp³-hybridized carbons (Fsp3) is 0.647. The molecule has 0 saturated heterocycles. The zero-order valence-corrected chi connectivity index (χ0v) is 14.9. The van der Waals surface area contributed by atoms with E-state index in [0.717, 1.165) is 36.7 Å². The maximum atomic E-state index is 5.24.